The van der Waals surface area contributed by atoms with Crippen LogP contribution in [0.2, 0.25) is 0 Å². The van der Waals surface area contributed by atoms with Crippen LogP contribution in [0.4, 0.5) is 0 Å². The van der Waals surface area contributed by atoms with Gasteiger partial charge in [0.1, 0.15) is 0 Å². The summed E-state index contributed by atoms with van der Waals surface area (Å²) in [5.41, 5.74) is 4.47. The van der Waals surface area contributed by atoms with Crippen molar-refractivity contribution in [2.75, 3.05) is 0 Å². The molecule has 1 rings (SSSR count). The van der Waals surface area contributed by atoms with Crippen molar-refractivity contribution in [3.05, 3.63) is 59.2 Å². The number of rotatable bonds is 6. The zero-order valence-corrected chi connectivity index (χ0v) is 12.1. The number of ketones is 1. The van der Waals surface area contributed by atoms with Crippen LogP contribution in [0.1, 0.15) is 26.7 Å². The second-order valence-electron chi connectivity index (χ2n) is 4.36. The molecule has 3 heteroatoms. The lowest BCUT2D eigenvalue weighted by Gasteiger charge is -1.98. The number of benzene rings is 1. The highest BCUT2D eigenvalue weighted by Gasteiger charge is 2.02. The van der Waals surface area contributed by atoms with Gasteiger partial charge in [-0.15, -0.1) is 5.73 Å². The van der Waals surface area contributed by atoms with Crippen molar-refractivity contribution < 1.29 is 9.00 Å². The first kappa shape index (κ1) is 15.4. The third kappa shape index (κ3) is 5.64. The van der Waals surface area contributed by atoms with Crippen LogP contribution in [0, 0.1) is 0 Å². The maximum atomic E-state index is 11.9. The second kappa shape index (κ2) is 7.67. The lowest BCUT2D eigenvalue weighted by molar-refractivity contribution is -0.115. The van der Waals surface area contributed by atoms with Gasteiger partial charge in [0.2, 0.25) is 0 Å². The standard InChI is InChI=1S/C16H18O2S/c1-13(2)16(17)10-9-14(3)11-12-19(18)15-7-5-4-6-8-15/h4-8,12H,1,9-10H2,2-3H3. The largest absolute Gasteiger partial charge is 0.295 e. The van der Waals surface area contributed by atoms with E-state index in [2.05, 4.69) is 12.3 Å². The van der Waals surface area contributed by atoms with Gasteiger partial charge in [-0.1, -0.05) is 24.8 Å². The average Bonchev–Trinajstić information content (AvgIpc) is 2.42. The van der Waals surface area contributed by atoms with Crippen molar-refractivity contribution in [3.63, 3.8) is 0 Å². The summed E-state index contributed by atoms with van der Waals surface area (Å²) in [5.74, 6) is 0.0605. The molecule has 0 aliphatic rings. The van der Waals surface area contributed by atoms with Gasteiger partial charge in [-0.05, 0) is 43.5 Å². The van der Waals surface area contributed by atoms with Crippen molar-refractivity contribution >= 4 is 16.6 Å². The van der Waals surface area contributed by atoms with E-state index in [1.165, 1.54) is 5.41 Å². The molecule has 0 fully saturated rings. The van der Waals surface area contributed by atoms with Gasteiger partial charge in [0.15, 0.2) is 5.78 Å². The Morgan fingerprint density at radius 3 is 2.47 bits per heavy atom. The minimum absolute atomic E-state index is 0.0605. The lowest BCUT2D eigenvalue weighted by Crippen LogP contribution is -1.97. The predicted octanol–water partition coefficient (Wildman–Crippen LogP) is 3.78. The van der Waals surface area contributed by atoms with Gasteiger partial charge in [0, 0.05) is 16.7 Å². The Morgan fingerprint density at radius 1 is 1.26 bits per heavy atom. The molecule has 0 aliphatic carbocycles. The van der Waals surface area contributed by atoms with E-state index < -0.39 is 10.8 Å². The van der Waals surface area contributed by atoms with Crippen LogP contribution >= 0.6 is 0 Å². The van der Waals surface area contributed by atoms with E-state index in [4.69, 9.17) is 0 Å². The summed E-state index contributed by atoms with van der Waals surface area (Å²) >= 11 is 0. The quantitative estimate of drug-likeness (QED) is 0.584. The van der Waals surface area contributed by atoms with E-state index >= 15 is 0 Å². The average molecular weight is 274 g/mol. The number of hydrogen-bond donors (Lipinski definition) is 0. The molecule has 100 valence electrons. The molecule has 0 spiro atoms. The van der Waals surface area contributed by atoms with Crippen LogP contribution < -0.4 is 0 Å². The summed E-state index contributed by atoms with van der Waals surface area (Å²) in [6, 6.07) is 9.21. The molecular weight excluding hydrogens is 256 g/mol. The lowest BCUT2D eigenvalue weighted by atomic mass is 10.1. The zero-order valence-electron chi connectivity index (χ0n) is 11.3. The van der Waals surface area contributed by atoms with Crippen molar-refractivity contribution in [1.82, 2.24) is 0 Å². The highest BCUT2D eigenvalue weighted by Crippen LogP contribution is 2.09. The first-order valence-corrected chi connectivity index (χ1v) is 7.28. The Kier molecular flexibility index (Phi) is 6.20. The summed E-state index contributed by atoms with van der Waals surface area (Å²) in [5, 5.41) is 1.54. The van der Waals surface area contributed by atoms with E-state index in [1.807, 2.05) is 37.3 Å². The Morgan fingerprint density at radius 2 is 1.89 bits per heavy atom. The molecule has 1 aromatic carbocycles. The molecule has 0 amide bonds. The first-order chi connectivity index (χ1) is 9.00. The van der Waals surface area contributed by atoms with Gasteiger partial charge in [0.05, 0.1) is 10.8 Å². The third-order valence-corrected chi connectivity index (χ3v) is 3.66. The normalized spacial score (nSPS) is 11.3. The molecule has 0 bridgehead atoms. The molecule has 0 aliphatic heterocycles. The van der Waals surface area contributed by atoms with Crippen LogP contribution in [-0.2, 0) is 15.6 Å². The molecule has 19 heavy (non-hydrogen) atoms. The highest BCUT2D eigenvalue weighted by molar-refractivity contribution is 7.88. The van der Waals surface area contributed by atoms with Crippen molar-refractivity contribution in [3.8, 4) is 0 Å². The highest BCUT2D eigenvalue weighted by atomic mass is 32.2. The number of carbonyl (C=O) groups excluding carboxylic acids is 1. The summed E-state index contributed by atoms with van der Waals surface area (Å²) in [7, 11) is -1.19. The van der Waals surface area contributed by atoms with Crippen LogP contribution in [0.25, 0.3) is 0 Å². The monoisotopic (exact) mass is 274 g/mol. The van der Waals surface area contributed by atoms with Crippen LogP contribution in [0.3, 0.4) is 0 Å². The van der Waals surface area contributed by atoms with E-state index in [1.54, 1.807) is 6.92 Å². The minimum Gasteiger partial charge on any atom is -0.295 e. The molecule has 0 radical (unpaired) electrons. The molecule has 1 atom stereocenters. The van der Waals surface area contributed by atoms with E-state index in [-0.39, 0.29) is 5.78 Å². The molecule has 0 saturated heterocycles. The number of Topliss-reactive ketones (excluding diaryl/α,β-unsaturated/α-hetero) is 1. The molecule has 2 nitrogen and oxygen atoms in total. The van der Waals surface area contributed by atoms with Gasteiger partial charge in [0.25, 0.3) is 0 Å². The van der Waals surface area contributed by atoms with Gasteiger partial charge < -0.3 is 0 Å². The smallest absolute Gasteiger partial charge is 0.158 e. The fraction of sp³-hybridized carbons (Fsp3) is 0.250. The molecular formula is C16H18O2S. The Hall–Kier alpha value is -1.70. The Labute approximate surface area is 117 Å². The van der Waals surface area contributed by atoms with Gasteiger partial charge in [-0.25, -0.2) is 4.21 Å². The Bertz CT molecular complexity index is 549. The summed E-state index contributed by atoms with van der Waals surface area (Å²) < 4.78 is 11.9. The fourth-order valence-corrected chi connectivity index (χ4v) is 2.23. The topological polar surface area (TPSA) is 34.1 Å². The first-order valence-electron chi connectivity index (χ1n) is 6.07. The van der Waals surface area contributed by atoms with Gasteiger partial charge >= 0.3 is 0 Å². The number of hydrogen-bond acceptors (Lipinski definition) is 2. The summed E-state index contributed by atoms with van der Waals surface area (Å²) in [6.07, 6.45) is 1.05. The minimum atomic E-state index is -1.19. The number of allylic oxidation sites excluding steroid dienone is 2. The molecule has 1 aromatic rings. The maximum absolute atomic E-state index is 11.9. The van der Waals surface area contributed by atoms with E-state index in [0.717, 1.165) is 10.5 Å². The SMILES string of the molecule is C=C(C)C(=O)CCC(C)=C=CS(=O)c1ccccc1. The third-order valence-electron chi connectivity index (χ3n) is 2.59. The van der Waals surface area contributed by atoms with E-state index in [0.29, 0.717) is 18.4 Å². The molecule has 0 aromatic heterocycles. The van der Waals surface area contributed by atoms with Crippen LogP contribution in [0.15, 0.2) is 64.1 Å². The fourth-order valence-electron chi connectivity index (χ4n) is 1.36. The van der Waals surface area contributed by atoms with Crippen LogP contribution in [-0.4, -0.2) is 9.99 Å². The second-order valence-corrected chi connectivity index (χ2v) is 5.66. The van der Waals surface area contributed by atoms with Gasteiger partial charge in [-0.2, -0.15) is 0 Å². The molecule has 0 saturated carbocycles. The summed E-state index contributed by atoms with van der Waals surface area (Å²) in [4.78, 5) is 12.1. The zero-order chi connectivity index (χ0) is 14.3. The van der Waals surface area contributed by atoms with Crippen molar-refractivity contribution in [2.24, 2.45) is 0 Å². The predicted molar refractivity (Wildman–Crippen MR) is 79.2 cm³/mol. The Balaban J connectivity index is 2.63. The van der Waals surface area contributed by atoms with Crippen molar-refractivity contribution in [2.45, 2.75) is 31.6 Å². The van der Waals surface area contributed by atoms with E-state index in [9.17, 15) is 9.00 Å². The number of carbonyl (C=O) groups is 1. The maximum Gasteiger partial charge on any atom is 0.158 e. The van der Waals surface area contributed by atoms with Crippen LogP contribution in [0.5, 0.6) is 0 Å². The molecule has 1 unspecified atom stereocenters. The van der Waals surface area contributed by atoms with Crippen molar-refractivity contribution in [1.29, 1.82) is 0 Å². The molecule has 0 heterocycles. The van der Waals surface area contributed by atoms with Gasteiger partial charge in [-0.3, -0.25) is 4.79 Å². The summed E-state index contributed by atoms with van der Waals surface area (Å²) in [6.45, 7) is 7.20. The molecule has 0 N–H and O–H groups in total.